The molecule has 27 heavy (non-hydrogen) atoms. The number of H-pyrrole nitrogens is 1. The molecule has 0 fully saturated rings. The molecule has 1 heterocycles. The van der Waals surface area contributed by atoms with E-state index in [0.29, 0.717) is 17.2 Å². The van der Waals surface area contributed by atoms with Crippen LogP contribution in [0.5, 0.6) is 0 Å². The highest BCUT2D eigenvalue weighted by Gasteiger charge is 2.34. The molecule has 0 bridgehead atoms. The summed E-state index contributed by atoms with van der Waals surface area (Å²) in [6.45, 7) is 0. The van der Waals surface area contributed by atoms with Crippen LogP contribution in [-0.2, 0) is 6.18 Å². The fourth-order valence-electron chi connectivity index (χ4n) is 2.61. The topological polar surface area (TPSA) is 62.0 Å². The summed E-state index contributed by atoms with van der Waals surface area (Å²) in [6, 6.07) is 13.1. The van der Waals surface area contributed by atoms with Gasteiger partial charge in [-0.15, -0.1) is 0 Å². The number of halogens is 4. The van der Waals surface area contributed by atoms with Gasteiger partial charge in [-0.25, -0.2) is 0 Å². The van der Waals surface area contributed by atoms with Gasteiger partial charge in [0.05, 0.1) is 11.3 Å². The predicted molar refractivity (Wildman–Crippen MR) is 96.9 cm³/mol. The first kappa shape index (κ1) is 18.7. The van der Waals surface area contributed by atoms with Gasteiger partial charge in [0.15, 0.2) is 0 Å². The SMILES string of the molecule is O=C(Nc1ccc(Cl)cc1C(F)(F)F)c1c(-c2ccccc2)cc[nH]c1=O. The van der Waals surface area contributed by atoms with E-state index in [2.05, 4.69) is 10.3 Å². The maximum atomic E-state index is 13.2. The minimum absolute atomic E-state index is 0.122. The van der Waals surface area contributed by atoms with Crippen LogP contribution in [0.4, 0.5) is 18.9 Å². The molecule has 0 aliphatic rings. The molecule has 8 heteroatoms. The van der Waals surface area contributed by atoms with E-state index in [4.69, 9.17) is 11.6 Å². The number of amides is 1. The number of pyridine rings is 1. The number of hydrogen-bond acceptors (Lipinski definition) is 2. The second-order valence-electron chi connectivity index (χ2n) is 5.60. The largest absolute Gasteiger partial charge is 0.418 e. The number of anilines is 1. The van der Waals surface area contributed by atoms with Gasteiger partial charge in [-0.2, -0.15) is 13.2 Å². The number of aromatic amines is 1. The summed E-state index contributed by atoms with van der Waals surface area (Å²) < 4.78 is 39.7. The van der Waals surface area contributed by atoms with Crippen LogP contribution in [-0.4, -0.2) is 10.9 Å². The minimum atomic E-state index is -4.72. The Kier molecular flexibility index (Phi) is 5.05. The van der Waals surface area contributed by atoms with Crippen molar-refractivity contribution in [2.24, 2.45) is 0 Å². The number of aromatic nitrogens is 1. The standard InChI is InChI=1S/C19H12ClF3N2O2/c20-12-6-7-15(14(10-12)19(21,22)23)25-18(27)16-13(8-9-24-17(16)26)11-4-2-1-3-5-11/h1-10H,(H,24,26)(H,25,27). The normalized spacial score (nSPS) is 11.3. The lowest BCUT2D eigenvalue weighted by atomic mass is 10.0. The third-order valence-electron chi connectivity index (χ3n) is 3.81. The van der Waals surface area contributed by atoms with E-state index in [0.717, 1.165) is 6.07 Å². The average Bonchev–Trinajstić information content (AvgIpc) is 2.62. The van der Waals surface area contributed by atoms with Gasteiger partial charge in [-0.05, 0) is 29.8 Å². The zero-order chi connectivity index (χ0) is 19.6. The number of hydrogen-bond donors (Lipinski definition) is 2. The fraction of sp³-hybridized carbons (Fsp3) is 0.0526. The van der Waals surface area contributed by atoms with Crippen LogP contribution in [0, 0.1) is 0 Å². The molecule has 0 spiro atoms. The maximum Gasteiger partial charge on any atom is 0.418 e. The Morgan fingerprint density at radius 1 is 1.04 bits per heavy atom. The lowest BCUT2D eigenvalue weighted by molar-refractivity contribution is -0.136. The number of benzene rings is 2. The van der Waals surface area contributed by atoms with Crippen molar-refractivity contribution in [3.8, 4) is 11.1 Å². The van der Waals surface area contributed by atoms with Crippen molar-refractivity contribution < 1.29 is 18.0 Å². The van der Waals surface area contributed by atoms with Crippen molar-refractivity contribution in [3.05, 3.63) is 87.3 Å². The summed E-state index contributed by atoms with van der Waals surface area (Å²) in [5.41, 5.74) is -1.69. The smallest absolute Gasteiger partial charge is 0.328 e. The molecule has 0 atom stereocenters. The first-order chi connectivity index (χ1) is 12.8. The first-order valence-corrected chi connectivity index (χ1v) is 8.10. The third kappa shape index (κ3) is 4.03. The summed E-state index contributed by atoms with van der Waals surface area (Å²) in [5.74, 6) is -0.955. The Bertz CT molecular complexity index is 1050. The lowest BCUT2D eigenvalue weighted by Crippen LogP contribution is -2.25. The van der Waals surface area contributed by atoms with Gasteiger partial charge in [0, 0.05) is 16.8 Å². The maximum absolute atomic E-state index is 13.2. The van der Waals surface area contributed by atoms with Crippen LogP contribution in [0.3, 0.4) is 0 Å². The summed E-state index contributed by atoms with van der Waals surface area (Å²) in [7, 11) is 0. The van der Waals surface area contributed by atoms with Gasteiger partial charge in [0.1, 0.15) is 5.56 Å². The Hall–Kier alpha value is -3.06. The Balaban J connectivity index is 2.06. The summed E-state index contributed by atoms with van der Waals surface area (Å²) in [5, 5.41) is 2.05. The molecular formula is C19H12ClF3N2O2. The van der Waals surface area contributed by atoms with Crippen molar-refractivity contribution in [2.45, 2.75) is 6.18 Å². The Morgan fingerprint density at radius 3 is 2.41 bits per heavy atom. The highest BCUT2D eigenvalue weighted by molar-refractivity contribution is 6.30. The highest BCUT2D eigenvalue weighted by atomic mass is 35.5. The van der Waals surface area contributed by atoms with Gasteiger partial charge in [0.25, 0.3) is 11.5 Å². The molecule has 0 saturated carbocycles. The van der Waals surface area contributed by atoms with Crippen molar-refractivity contribution in [1.29, 1.82) is 0 Å². The van der Waals surface area contributed by atoms with E-state index in [1.54, 1.807) is 30.3 Å². The number of rotatable bonds is 3. The first-order valence-electron chi connectivity index (χ1n) is 7.72. The monoisotopic (exact) mass is 392 g/mol. The molecule has 0 aliphatic carbocycles. The molecule has 138 valence electrons. The zero-order valence-corrected chi connectivity index (χ0v) is 14.4. The van der Waals surface area contributed by atoms with Crippen LogP contribution in [0.1, 0.15) is 15.9 Å². The second-order valence-corrected chi connectivity index (χ2v) is 6.04. The van der Waals surface area contributed by atoms with Crippen LogP contribution in [0.2, 0.25) is 5.02 Å². The molecule has 0 radical (unpaired) electrons. The number of carbonyl (C=O) groups is 1. The van der Waals surface area contributed by atoms with Gasteiger partial charge < -0.3 is 10.3 Å². The summed E-state index contributed by atoms with van der Waals surface area (Å²) >= 11 is 5.64. The Morgan fingerprint density at radius 2 is 1.74 bits per heavy atom. The van der Waals surface area contributed by atoms with Gasteiger partial charge in [-0.1, -0.05) is 41.9 Å². The van der Waals surface area contributed by atoms with E-state index >= 15 is 0 Å². The molecule has 2 aromatic carbocycles. The van der Waals surface area contributed by atoms with Gasteiger partial charge in [0.2, 0.25) is 0 Å². The molecule has 1 amide bonds. The van der Waals surface area contributed by atoms with Gasteiger partial charge in [-0.3, -0.25) is 9.59 Å². The quantitative estimate of drug-likeness (QED) is 0.661. The molecule has 1 aromatic heterocycles. The molecular weight excluding hydrogens is 381 g/mol. The molecule has 0 saturated heterocycles. The van der Waals surface area contributed by atoms with Crippen LogP contribution < -0.4 is 10.9 Å². The third-order valence-corrected chi connectivity index (χ3v) is 4.04. The minimum Gasteiger partial charge on any atom is -0.328 e. The van der Waals surface area contributed by atoms with Gasteiger partial charge >= 0.3 is 6.18 Å². The number of carbonyl (C=O) groups excluding carboxylic acids is 1. The second kappa shape index (κ2) is 7.28. The van der Waals surface area contributed by atoms with Crippen LogP contribution in [0.25, 0.3) is 11.1 Å². The molecule has 2 N–H and O–H groups in total. The van der Waals surface area contributed by atoms with Crippen molar-refractivity contribution in [3.63, 3.8) is 0 Å². The lowest BCUT2D eigenvalue weighted by Gasteiger charge is -2.15. The van der Waals surface area contributed by atoms with E-state index in [-0.39, 0.29) is 10.6 Å². The average molecular weight is 393 g/mol. The van der Waals surface area contributed by atoms with E-state index in [1.807, 2.05) is 0 Å². The highest BCUT2D eigenvalue weighted by Crippen LogP contribution is 2.36. The van der Waals surface area contributed by atoms with Crippen LogP contribution in [0.15, 0.2) is 65.6 Å². The molecule has 0 unspecified atom stereocenters. The number of nitrogens with one attached hydrogen (secondary N) is 2. The van der Waals surface area contributed by atoms with E-state index in [9.17, 15) is 22.8 Å². The molecule has 0 aliphatic heterocycles. The van der Waals surface area contributed by atoms with Crippen LogP contribution >= 0.6 is 11.6 Å². The molecule has 4 nitrogen and oxygen atoms in total. The van der Waals surface area contributed by atoms with Crippen molar-refractivity contribution in [2.75, 3.05) is 5.32 Å². The number of alkyl halides is 3. The fourth-order valence-corrected chi connectivity index (χ4v) is 2.78. The summed E-state index contributed by atoms with van der Waals surface area (Å²) in [6.07, 6.45) is -3.36. The van der Waals surface area contributed by atoms with Crippen molar-refractivity contribution in [1.82, 2.24) is 4.98 Å². The van der Waals surface area contributed by atoms with E-state index < -0.39 is 28.9 Å². The predicted octanol–water partition coefficient (Wildman–Crippen LogP) is 4.97. The van der Waals surface area contributed by atoms with Crippen molar-refractivity contribution >= 4 is 23.2 Å². The zero-order valence-electron chi connectivity index (χ0n) is 13.6. The molecule has 3 aromatic rings. The van der Waals surface area contributed by atoms with E-state index in [1.165, 1.54) is 18.3 Å². The Labute approximate surface area is 156 Å². The summed E-state index contributed by atoms with van der Waals surface area (Å²) in [4.78, 5) is 27.3. The molecule has 3 rings (SSSR count).